The van der Waals surface area contributed by atoms with E-state index in [0.29, 0.717) is 22.0 Å². The molecule has 3 heterocycles. The standard InChI is InChI=1S/C18H16BrN3O3S/c1-10-4-3-5-14(11(10)2)22-17(12-8-26(24)9-13(12)21-22)20-18(23)15-6-7-16(19)25-15/h3-7H,8-9H2,1-2H3,(H,20,23)/t26-/m1/s1. The van der Waals surface area contributed by atoms with Crippen molar-refractivity contribution in [1.29, 1.82) is 0 Å². The van der Waals surface area contributed by atoms with E-state index in [4.69, 9.17) is 4.42 Å². The number of nitrogens with one attached hydrogen (secondary N) is 1. The second kappa shape index (κ2) is 6.51. The van der Waals surface area contributed by atoms with Gasteiger partial charge in [0.2, 0.25) is 0 Å². The summed E-state index contributed by atoms with van der Waals surface area (Å²) in [5, 5.41) is 7.53. The lowest BCUT2D eigenvalue weighted by Gasteiger charge is -2.13. The fraction of sp³-hybridized carbons (Fsp3) is 0.222. The Labute approximate surface area is 161 Å². The number of carbonyl (C=O) groups is 1. The lowest BCUT2D eigenvalue weighted by Crippen LogP contribution is -2.16. The number of anilines is 1. The van der Waals surface area contributed by atoms with E-state index in [1.807, 2.05) is 32.0 Å². The first-order chi connectivity index (χ1) is 12.4. The van der Waals surface area contributed by atoms with E-state index in [1.165, 1.54) is 0 Å². The normalized spacial score (nSPS) is 15.9. The summed E-state index contributed by atoms with van der Waals surface area (Å²) in [4.78, 5) is 12.6. The van der Waals surface area contributed by atoms with Crippen LogP contribution in [0.5, 0.6) is 0 Å². The minimum Gasteiger partial charge on any atom is -0.444 e. The van der Waals surface area contributed by atoms with Crippen molar-refractivity contribution in [2.75, 3.05) is 5.32 Å². The summed E-state index contributed by atoms with van der Waals surface area (Å²) in [6, 6.07) is 9.20. The highest BCUT2D eigenvalue weighted by atomic mass is 79.9. The molecule has 1 amide bonds. The summed E-state index contributed by atoms with van der Waals surface area (Å²) in [5.74, 6) is 1.16. The molecule has 0 aliphatic carbocycles. The molecule has 0 unspecified atom stereocenters. The number of carbonyl (C=O) groups excluding carboxylic acids is 1. The van der Waals surface area contributed by atoms with Gasteiger partial charge in [-0.05, 0) is 59.1 Å². The quantitative estimate of drug-likeness (QED) is 0.679. The van der Waals surface area contributed by atoms with Crippen LogP contribution in [-0.2, 0) is 22.3 Å². The van der Waals surface area contributed by atoms with E-state index < -0.39 is 10.8 Å². The average Bonchev–Trinajstić information content (AvgIpc) is 3.26. The van der Waals surface area contributed by atoms with Gasteiger partial charge in [-0.25, -0.2) is 4.68 Å². The molecular weight excluding hydrogens is 418 g/mol. The monoisotopic (exact) mass is 433 g/mol. The highest BCUT2D eigenvalue weighted by Gasteiger charge is 2.29. The van der Waals surface area contributed by atoms with Gasteiger partial charge in [0.1, 0.15) is 5.82 Å². The summed E-state index contributed by atoms with van der Waals surface area (Å²) < 4.78 is 19.5. The molecule has 8 heteroatoms. The molecule has 0 saturated carbocycles. The molecule has 26 heavy (non-hydrogen) atoms. The van der Waals surface area contributed by atoms with Gasteiger partial charge >= 0.3 is 0 Å². The SMILES string of the molecule is Cc1cccc(-n2nc3c(c2NC(=O)c2ccc(Br)o2)C[S@@](=O)C3)c1C. The first kappa shape index (κ1) is 17.2. The first-order valence-corrected chi connectivity index (χ1v) is 10.3. The molecule has 6 nitrogen and oxygen atoms in total. The first-order valence-electron chi connectivity index (χ1n) is 8.03. The molecule has 3 aromatic rings. The van der Waals surface area contributed by atoms with Crippen LogP contribution in [-0.4, -0.2) is 19.9 Å². The number of fused-ring (bicyclic) bond motifs is 1. The number of benzene rings is 1. The number of halogens is 1. The summed E-state index contributed by atoms with van der Waals surface area (Å²) in [5.41, 5.74) is 4.68. The van der Waals surface area contributed by atoms with Crippen LogP contribution in [0.4, 0.5) is 5.82 Å². The number of rotatable bonds is 3. The second-order valence-electron chi connectivity index (χ2n) is 6.19. The molecule has 0 saturated heterocycles. The van der Waals surface area contributed by atoms with Gasteiger partial charge in [-0.3, -0.25) is 9.00 Å². The number of nitrogens with zero attached hydrogens (tertiary/aromatic N) is 2. The molecule has 1 aromatic carbocycles. The lowest BCUT2D eigenvalue weighted by atomic mass is 10.1. The number of hydrogen-bond donors (Lipinski definition) is 1. The third-order valence-corrected chi connectivity index (χ3v) is 6.14. The number of hydrogen-bond acceptors (Lipinski definition) is 4. The van der Waals surface area contributed by atoms with Crippen molar-refractivity contribution < 1.29 is 13.4 Å². The molecule has 1 atom stereocenters. The van der Waals surface area contributed by atoms with E-state index in [2.05, 4.69) is 26.3 Å². The van der Waals surface area contributed by atoms with Crippen LogP contribution in [0.1, 0.15) is 32.9 Å². The Morgan fingerprint density at radius 2 is 2.08 bits per heavy atom. The zero-order valence-corrected chi connectivity index (χ0v) is 16.6. The summed E-state index contributed by atoms with van der Waals surface area (Å²) in [6.07, 6.45) is 0. The van der Waals surface area contributed by atoms with Gasteiger partial charge in [0.25, 0.3) is 5.91 Å². The lowest BCUT2D eigenvalue weighted by molar-refractivity contribution is 0.0994. The minimum atomic E-state index is -0.986. The molecule has 1 aliphatic heterocycles. The molecule has 134 valence electrons. The van der Waals surface area contributed by atoms with Gasteiger partial charge < -0.3 is 9.73 Å². The van der Waals surface area contributed by atoms with E-state index in [9.17, 15) is 9.00 Å². The van der Waals surface area contributed by atoms with Crippen molar-refractivity contribution in [2.24, 2.45) is 0 Å². The van der Waals surface area contributed by atoms with Gasteiger partial charge in [-0.1, -0.05) is 12.1 Å². The van der Waals surface area contributed by atoms with Gasteiger partial charge in [-0.2, -0.15) is 5.10 Å². The highest BCUT2D eigenvalue weighted by Crippen LogP contribution is 2.33. The van der Waals surface area contributed by atoms with Crippen LogP contribution < -0.4 is 5.32 Å². The molecule has 1 N–H and O–H groups in total. The van der Waals surface area contributed by atoms with E-state index in [1.54, 1.807) is 16.8 Å². The van der Waals surface area contributed by atoms with Crippen LogP contribution in [0, 0.1) is 13.8 Å². The Balaban J connectivity index is 1.81. The molecule has 0 radical (unpaired) electrons. The largest absolute Gasteiger partial charge is 0.444 e. The van der Waals surface area contributed by atoms with Crippen molar-refractivity contribution in [3.05, 3.63) is 63.1 Å². The topological polar surface area (TPSA) is 77.1 Å². The van der Waals surface area contributed by atoms with E-state index in [-0.39, 0.29) is 11.7 Å². The maximum Gasteiger partial charge on any atom is 0.292 e. The Morgan fingerprint density at radius 1 is 1.27 bits per heavy atom. The Kier molecular flexibility index (Phi) is 4.32. The number of aromatic nitrogens is 2. The Bertz CT molecular complexity index is 1050. The molecule has 0 bridgehead atoms. The molecular formula is C18H16BrN3O3S. The summed E-state index contributed by atoms with van der Waals surface area (Å²) >= 11 is 3.20. The molecule has 0 spiro atoms. The van der Waals surface area contributed by atoms with Crippen LogP contribution >= 0.6 is 15.9 Å². The van der Waals surface area contributed by atoms with Gasteiger partial charge in [0, 0.05) is 16.4 Å². The predicted octanol–water partition coefficient (Wildman–Crippen LogP) is 3.86. The fourth-order valence-electron chi connectivity index (χ4n) is 3.00. The van der Waals surface area contributed by atoms with E-state index >= 15 is 0 Å². The van der Waals surface area contributed by atoms with E-state index in [0.717, 1.165) is 28.1 Å². The fourth-order valence-corrected chi connectivity index (χ4v) is 4.57. The summed E-state index contributed by atoms with van der Waals surface area (Å²) in [6.45, 7) is 4.05. The molecule has 0 fully saturated rings. The van der Waals surface area contributed by atoms with Crippen molar-refractivity contribution in [3.8, 4) is 5.69 Å². The third kappa shape index (κ3) is 2.93. The smallest absolute Gasteiger partial charge is 0.292 e. The van der Waals surface area contributed by atoms with Crippen molar-refractivity contribution >= 4 is 38.5 Å². The maximum absolute atomic E-state index is 12.6. The van der Waals surface area contributed by atoms with Crippen LogP contribution in [0.15, 0.2) is 39.4 Å². The molecule has 4 rings (SSSR count). The van der Waals surface area contributed by atoms with Gasteiger partial charge in [0.05, 0.1) is 22.9 Å². The Hall–Kier alpha value is -2.19. The van der Waals surface area contributed by atoms with Gasteiger partial charge in [0.15, 0.2) is 10.4 Å². The van der Waals surface area contributed by atoms with Gasteiger partial charge in [-0.15, -0.1) is 0 Å². The zero-order valence-electron chi connectivity index (χ0n) is 14.2. The Morgan fingerprint density at radius 3 is 2.81 bits per heavy atom. The van der Waals surface area contributed by atoms with Crippen molar-refractivity contribution in [2.45, 2.75) is 25.4 Å². The average molecular weight is 434 g/mol. The molecule has 1 aliphatic rings. The van der Waals surface area contributed by atoms with Crippen LogP contribution in [0.2, 0.25) is 0 Å². The third-order valence-electron chi connectivity index (χ3n) is 4.50. The second-order valence-corrected chi connectivity index (χ2v) is 8.43. The zero-order chi connectivity index (χ0) is 18.4. The predicted molar refractivity (Wildman–Crippen MR) is 103 cm³/mol. The van der Waals surface area contributed by atoms with Crippen LogP contribution in [0.25, 0.3) is 5.69 Å². The number of furan rings is 1. The number of amides is 1. The summed E-state index contributed by atoms with van der Waals surface area (Å²) in [7, 11) is -0.986. The van der Waals surface area contributed by atoms with Crippen molar-refractivity contribution in [1.82, 2.24) is 9.78 Å². The maximum atomic E-state index is 12.6. The highest BCUT2D eigenvalue weighted by molar-refractivity contribution is 9.10. The van der Waals surface area contributed by atoms with Crippen molar-refractivity contribution in [3.63, 3.8) is 0 Å². The molecule has 2 aromatic heterocycles. The van der Waals surface area contributed by atoms with Crippen LogP contribution in [0.3, 0.4) is 0 Å². The minimum absolute atomic E-state index is 0.193. The number of aryl methyl sites for hydroxylation is 1.